The summed E-state index contributed by atoms with van der Waals surface area (Å²) in [6.45, 7) is -0.611. The number of amides is 3. The molecule has 0 saturated carbocycles. The molecule has 1 atom stereocenters. The minimum Gasteiger partial charge on any atom is -0.479 e. The Balaban J connectivity index is 2.10. The van der Waals surface area contributed by atoms with E-state index in [9.17, 15) is 14.4 Å². The van der Waals surface area contributed by atoms with Crippen molar-refractivity contribution in [1.82, 2.24) is 5.32 Å². The monoisotopic (exact) mass is 279 g/mol. The van der Waals surface area contributed by atoms with Gasteiger partial charge in [0.1, 0.15) is 6.54 Å². The maximum Gasteiger partial charge on any atom is 0.334 e. The van der Waals surface area contributed by atoms with E-state index in [0.717, 1.165) is 0 Å². The van der Waals surface area contributed by atoms with E-state index in [2.05, 4.69) is 10.6 Å². The lowest BCUT2D eigenvalue weighted by Crippen LogP contribution is -2.49. The molecule has 1 aromatic rings. The van der Waals surface area contributed by atoms with E-state index in [1.807, 2.05) is 0 Å². The molecule has 8 heteroatoms. The SMILES string of the molecule is O=C1CN(C(=O)NC[C@H](O)C(=O)O)c2ccccc2N1. The van der Waals surface area contributed by atoms with Crippen molar-refractivity contribution in [3.8, 4) is 0 Å². The second-order valence-corrected chi connectivity index (χ2v) is 4.19. The van der Waals surface area contributed by atoms with Gasteiger partial charge in [0.05, 0.1) is 17.9 Å². The molecular weight excluding hydrogens is 266 g/mol. The summed E-state index contributed by atoms with van der Waals surface area (Å²) in [4.78, 5) is 35.1. The number of urea groups is 1. The molecule has 1 aliphatic rings. The molecule has 2 rings (SSSR count). The van der Waals surface area contributed by atoms with E-state index >= 15 is 0 Å². The molecule has 0 aliphatic carbocycles. The van der Waals surface area contributed by atoms with Gasteiger partial charge in [-0.3, -0.25) is 9.69 Å². The zero-order valence-electron chi connectivity index (χ0n) is 10.4. The van der Waals surface area contributed by atoms with Crippen LogP contribution in [0, 0.1) is 0 Å². The number of carbonyl (C=O) groups excluding carboxylic acids is 2. The molecule has 1 aliphatic heterocycles. The number of aliphatic carboxylic acids is 1. The van der Waals surface area contributed by atoms with E-state index < -0.39 is 24.6 Å². The highest BCUT2D eigenvalue weighted by Crippen LogP contribution is 2.28. The number of carboxylic acids is 1. The smallest absolute Gasteiger partial charge is 0.334 e. The lowest BCUT2D eigenvalue weighted by atomic mass is 10.2. The Labute approximate surface area is 114 Å². The number of hydrogen-bond acceptors (Lipinski definition) is 4. The van der Waals surface area contributed by atoms with Gasteiger partial charge in [-0.15, -0.1) is 0 Å². The van der Waals surface area contributed by atoms with Crippen LogP contribution in [0.2, 0.25) is 0 Å². The summed E-state index contributed by atoms with van der Waals surface area (Å²) in [5, 5.41) is 22.5. The number of carbonyl (C=O) groups is 3. The average molecular weight is 279 g/mol. The van der Waals surface area contributed by atoms with E-state index in [1.54, 1.807) is 24.3 Å². The average Bonchev–Trinajstić information content (AvgIpc) is 2.43. The Bertz CT molecular complexity index is 560. The number of anilines is 2. The normalized spacial score (nSPS) is 15.1. The van der Waals surface area contributed by atoms with Gasteiger partial charge in [0.15, 0.2) is 6.10 Å². The molecule has 8 nitrogen and oxygen atoms in total. The number of nitrogens with zero attached hydrogens (tertiary/aromatic N) is 1. The summed E-state index contributed by atoms with van der Waals surface area (Å²) in [6.07, 6.45) is -1.69. The third-order valence-corrected chi connectivity index (χ3v) is 2.75. The Morgan fingerprint density at radius 1 is 1.40 bits per heavy atom. The summed E-state index contributed by atoms with van der Waals surface area (Å²) in [7, 11) is 0. The second kappa shape index (κ2) is 5.57. The van der Waals surface area contributed by atoms with Crippen molar-refractivity contribution < 1.29 is 24.6 Å². The maximum atomic E-state index is 12.0. The fraction of sp³-hybridized carbons (Fsp3) is 0.250. The molecule has 4 N–H and O–H groups in total. The van der Waals surface area contributed by atoms with Gasteiger partial charge in [-0.2, -0.15) is 0 Å². The van der Waals surface area contributed by atoms with Gasteiger partial charge in [0, 0.05) is 0 Å². The summed E-state index contributed by atoms with van der Waals surface area (Å²) in [6, 6.07) is 6.09. The summed E-state index contributed by atoms with van der Waals surface area (Å²) < 4.78 is 0. The fourth-order valence-electron chi connectivity index (χ4n) is 1.78. The van der Waals surface area contributed by atoms with Crippen LogP contribution in [0.3, 0.4) is 0 Å². The number of nitrogens with one attached hydrogen (secondary N) is 2. The van der Waals surface area contributed by atoms with Crippen LogP contribution in [-0.4, -0.2) is 47.3 Å². The quantitative estimate of drug-likeness (QED) is 0.600. The molecule has 3 amide bonds. The summed E-state index contributed by atoms with van der Waals surface area (Å²) in [5.41, 5.74) is 1.01. The number of rotatable bonds is 3. The van der Waals surface area contributed by atoms with Crippen LogP contribution in [0.1, 0.15) is 0 Å². The molecule has 0 aromatic heterocycles. The molecule has 0 bridgehead atoms. The predicted octanol–water partition coefficient (Wildman–Crippen LogP) is -0.400. The topological polar surface area (TPSA) is 119 Å². The Kier molecular flexibility index (Phi) is 3.85. The molecule has 1 aromatic carbocycles. The van der Waals surface area contributed by atoms with Gasteiger partial charge in [0.25, 0.3) is 0 Å². The first kappa shape index (κ1) is 13.8. The third-order valence-electron chi connectivity index (χ3n) is 2.75. The van der Waals surface area contributed by atoms with Crippen LogP contribution in [-0.2, 0) is 9.59 Å². The van der Waals surface area contributed by atoms with Gasteiger partial charge in [0.2, 0.25) is 5.91 Å². The summed E-state index contributed by atoms with van der Waals surface area (Å²) >= 11 is 0. The summed E-state index contributed by atoms with van der Waals surface area (Å²) in [5.74, 6) is -1.78. The van der Waals surface area contributed by atoms with Crippen molar-refractivity contribution in [1.29, 1.82) is 0 Å². The molecule has 20 heavy (non-hydrogen) atoms. The van der Waals surface area contributed by atoms with Crippen LogP contribution in [0.4, 0.5) is 16.2 Å². The maximum absolute atomic E-state index is 12.0. The number of para-hydroxylation sites is 2. The van der Waals surface area contributed by atoms with Crippen LogP contribution < -0.4 is 15.5 Å². The highest BCUT2D eigenvalue weighted by atomic mass is 16.4. The van der Waals surface area contributed by atoms with Crippen molar-refractivity contribution in [2.24, 2.45) is 0 Å². The highest BCUT2D eigenvalue weighted by Gasteiger charge is 2.27. The van der Waals surface area contributed by atoms with E-state index in [1.165, 1.54) is 4.90 Å². The molecule has 0 radical (unpaired) electrons. The number of aliphatic hydroxyl groups is 1. The van der Waals surface area contributed by atoms with Crippen molar-refractivity contribution in [2.45, 2.75) is 6.10 Å². The van der Waals surface area contributed by atoms with Gasteiger partial charge >= 0.3 is 12.0 Å². The standard InChI is InChI=1S/C12H13N3O5/c16-9(11(18)19)5-13-12(20)15-6-10(17)14-7-3-1-2-4-8(7)15/h1-4,9,16H,5-6H2,(H,13,20)(H,14,17)(H,18,19)/t9-/m0/s1. The van der Waals surface area contributed by atoms with Crippen molar-refractivity contribution in [2.75, 3.05) is 23.3 Å². The molecule has 0 unspecified atom stereocenters. The van der Waals surface area contributed by atoms with E-state index in [4.69, 9.17) is 10.2 Å². The Hall–Kier alpha value is -2.61. The lowest BCUT2D eigenvalue weighted by molar-refractivity contribution is -0.146. The minimum absolute atomic E-state index is 0.175. The first-order valence-corrected chi connectivity index (χ1v) is 5.84. The second-order valence-electron chi connectivity index (χ2n) is 4.19. The number of hydrogen-bond donors (Lipinski definition) is 4. The number of fused-ring (bicyclic) bond motifs is 1. The van der Waals surface area contributed by atoms with Crippen LogP contribution in [0.25, 0.3) is 0 Å². The zero-order chi connectivity index (χ0) is 14.7. The minimum atomic E-state index is -1.69. The van der Waals surface area contributed by atoms with Gasteiger partial charge < -0.3 is 20.8 Å². The third kappa shape index (κ3) is 2.86. The van der Waals surface area contributed by atoms with Gasteiger partial charge in [-0.05, 0) is 12.1 Å². The first-order chi connectivity index (χ1) is 9.49. The first-order valence-electron chi connectivity index (χ1n) is 5.84. The molecular formula is C12H13N3O5. The number of aliphatic hydroxyl groups excluding tert-OH is 1. The van der Waals surface area contributed by atoms with Crippen molar-refractivity contribution in [3.05, 3.63) is 24.3 Å². The van der Waals surface area contributed by atoms with Crippen molar-refractivity contribution in [3.63, 3.8) is 0 Å². The largest absolute Gasteiger partial charge is 0.479 e. The molecule has 0 saturated heterocycles. The van der Waals surface area contributed by atoms with Crippen LogP contribution in [0.5, 0.6) is 0 Å². The molecule has 0 spiro atoms. The number of carboxylic acid groups (broad SMARTS) is 1. The molecule has 106 valence electrons. The fourth-order valence-corrected chi connectivity index (χ4v) is 1.78. The van der Waals surface area contributed by atoms with Crippen LogP contribution in [0.15, 0.2) is 24.3 Å². The zero-order valence-corrected chi connectivity index (χ0v) is 10.4. The molecule has 0 fully saturated rings. The van der Waals surface area contributed by atoms with E-state index in [-0.39, 0.29) is 12.5 Å². The van der Waals surface area contributed by atoms with Gasteiger partial charge in [-0.1, -0.05) is 12.1 Å². The van der Waals surface area contributed by atoms with E-state index in [0.29, 0.717) is 11.4 Å². The van der Waals surface area contributed by atoms with Crippen molar-refractivity contribution >= 4 is 29.3 Å². The lowest BCUT2D eigenvalue weighted by Gasteiger charge is -2.29. The molecule has 1 heterocycles. The Morgan fingerprint density at radius 3 is 2.80 bits per heavy atom. The Morgan fingerprint density at radius 2 is 2.10 bits per heavy atom. The predicted molar refractivity (Wildman–Crippen MR) is 69.5 cm³/mol. The highest BCUT2D eigenvalue weighted by molar-refractivity contribution is 6.09. The number of benzene rings is 1. The van der Waals surface area contributed by atoms with Crippen LogP contribution >= 0.6 is 0 Å². The van der Waals surface area contributed by atoms with Gasteiger partial charge in [-0.25, -0.2) is 9.59 Å².